The quantitative estimate of drug-likeness (QED) is 0.909. The summed E-state index contributed by atoms with van der Waals surface area (Å²) in [5.41, 5.74) is 1.06. The number of rotatable bonds is 2. The Kier molecular flexibility index (Phi) is 3.95. The number of carbonyl (C=O) groups is 1. The fraction of sp³-hybridized carbons (Fsp3) is 0.722. The van der Waals surface area contributed by atoms with Gasteiger partial charge in [0.2, 0.25) is 0 Å². The summed E-state index contributed by atoms with van der Waals surface area (Å²) < 4.78 is 7.76. The molecule has 3 rings (SSSR count). The number of amides is 1. The van der Waals surface area contributed by atoms with Crippen molar-refractivity contribution in [1.82, 2.24) is 14.8 Å². The molecule has 2 aliphatic heterocycles. The van der Waals surface area contributed by atoms with Crippen molar-refractivity contribution in [2.24, 2.45) is 5.41 Å². The molecule has 0 radical (unpaired) electrons. The standard InChI is InChI=1S/C18H29N3O2/c1-13(2)20-8-6-14(10-20)15-18(11-19-15)7-9-21(12-18)16(22)23-17(3,4)5/h6,8,10,13,15,19H,7,9,11-12H2,1-5H3/t15-,18+/m0/s1. The second-order valence-electron chi connectivity index (χ2n) is 8.31. The van der Waals surface area contributed by atoms with Gasteiger partial charge in [-0.05, 0) is 52.7 Å². The van der Waals surface area contributed by atoms with Crippen LogP contribution in [0.15, 0.2) is 18.5 Å². The molecule has 0 saturated carbocycles. The van der Waals surface area contributed by atoms with Crippen LogP contribution in [-0.4, -0.2) is 40.8 Å². The predicted molar refractivity (Wildman–Crippen MR) is 90.4 cm³/mol. The SMILES string of the molecule is CC(C)n1ccc([C@@H]2NC[C@@]23CCN(C(=O)OC(C)(C)C)C3)c1. The molecular weight excluding hydrogens is 290 g/mol. The Balaban J connectivity index is 1.68. The first kappa shape index (κ1) is 16.4. The number of hydrogen-bond donors (Lipinski definition) is 1. The summed E-state index contributed by atoms with van der Waals surface area (Å²) in [4.78, 5) is 14.2. The molecule has 2 fully saturated rings. The fourth-order valence-electron chi connectivity index (χ4n) is 3.64. The van der Waals surface area contributed by atoms with E-state index in [4.69, 9.17) is 4.74 Å². The van der Waals surface area contributed by atoms with Gasteiger partial charge in [-0.1, -0.05) is 0 Å². The van der Waals surface area contributed by atoms with Gasteiger partial charge >= 0.3 is 6.09 Å². The minimum absolute atomic E-state index is 0.167. The van der Waals surface area contributed by atoms with Gasteiger partial charge in [-0.3, -0.25) is 0 Å². The lowest BCUT2D eigenvalue weighted by Crippen LogP contribution is -2.57. The average Bonchev–Trinajstić information content (AvgIpc) is 3.03. The van der Waals surface area contributed by atoms with Crippen LogP contribution >= 0.6 is 0 Å². The second-order valence-corrected chi connectivity index (χ2v) is 8.31. The monoisotopic (exact) mass is 319 g/mol. The zero-order chi connectivity index (χ0) is 16.8. The molecule has 0 aliphatic carbocycles. The van der Waals surface area contributed by atoms with E-state index in [1.165, 1.54) is 5.56 Å². The van der Waals surface area contributed by atoms with Gasteiger partial charge in [0, 0.05) is 49.5 Å². The maximum Gasteiger partial charge on any atom is 0.410 e. The number of aromatic nitrogens is 1. The Morgan fingerprint density at radius 1 is 1.43 bits per heavy atom. The molecule has 2 atom stereocenters. The molecule has 5 heteroatoms. The van der Waals surface area contributed by atoms with Crippen molar-refractivity contribution in [2.45, 2.75) is 58.7 Å². The van der Waals surface area contributed by atoms with E-state index in [0.717, 1.165) is 26.1 Å². The van der Waals surface area contributed by atoms with Crippen molar-refractivity contribution in [3.05, 3.63) is 24.0 Å². The maximum absolute atomic E-state index is 12.3. The molecule has 1 aromatic rings. The third-order valence-corrected chi connectivity index (χ3v) is 4.97. The molecule has 1 N–H and O–H groups in total. The van der Waals surface area contributed by atoms with E-state index in [-0.39, 0.29) is 11.5 Å². The molecule has 128 valence electrons. The summed E-state index contributed by atoms with van der Waals surface area (Å²) in [5, 5.41) is 3.56. The summed E-state index contributed by atoms with van der Waals surface area (Å²) >= 11 is 0. The highest BCUT2D eigenvalue weighted by atomic mass is 16.6. The van der Waals surface area contributed by atoms with Gasteiger partial charge in [0.25, 0.3) is 0 Å². The number of carbonyl (C=O) groups excluding carboxylic acids is 1. The largest absolute Gasteiger partial charge is 0.444 e. The lowest BCUT2D eigenvalue weighted by atomic mass is 9.70. The van der Waals surface area contributed by atoms with Crippen LogP contribution in [0.25, 0.3) is 0 Å². The van der Waals surface area contributed by atoms with Gasteiger partial charge in [-0.15, -0.1) is 0 Å². The summed E-state index contributed by atoms with van der Waals surface area (Å²) in [5.74, 6) is 0. The molecule has 0 bridgehead atoms. The molecule has 0 unspecified atom stereocenters. The van der Waals surface area contributed by atoms with Gasteiger partial charge in [0.1, 0.15) is 5.60 Å². The summed E-state index contributed by atoms with van der Waals surface area (Å²) in [7, 11) is 0. The van der Waals surface area contributed by atoms with Crippen LogP contribution in [0.5, 0.6) is 0 Å². The summed E-state index contributed by atoms with van der Waals surface area (Å²) in [6.45, 7) is 12.7. The lowest BCUT2D eigenvalue weighted by molar-refractivity contribution is 0.0216. The molecule has 2 saturated heterocycles. The zero-order valence-electron chi connectivity index (χ0n) is 14.9. The molecule has 1 aromatic heterocycles. The zero-order valence-corrected chi connectivity index (χ0v) is 14.9. The highest BCUT2D eigenvalue weighted by Gasteiger charge is 2.52. The van der Waals surface area contributed by atoms with E-state index in [1.807, 2.05) is 25.7 Å². The molecule has 23 heavy (non-hydrogen) atoms. The van der Waals surface area contributed by atoms with Gasteiger partial charge in [0.15, 0.2) is 0 Å². The van der Waals surface area contributed by atoms with Crippen molar-refractivity contribution < 1.29 is 9.53 Å². The van der Waals surface area contributed by atoms with Gasteiger partial charge in [-0.2, -0.15) is 0 Å². The summed E-state index contributed by atoms with van der Waals surface area (Å²) in [6.07, 6.45) is 5.24. The van der Waals surface area contributed by atoms with Crippen LogP contribution < -0.4 is 5.32 Å². The van der Waals surface area contributed by atoms with Crippen LogP contribution in [0, 0.1) is 5.41 Å². The topological polar surface area (TPSA) is 46.5 Å². The van der Waals surface area contributed by atoms with Gasteiger partial charge in [0.05, 0.1) is 0 Å². The van der Waals surface area contributed by atoms with E-state index in [2.05, 4.69) is 42.2 Å². The molecular formula is C18H29N3O2. The average molecular weight is 319 g/mol. The minimum Gasteiger partial charge on any atom is -0.444 e. The minimum atomic E-state index is -0.432. The second kappa shape index (κ2) is 5.55. The fourth-order valence-corrected chi connectivity index (χ4v) is 3.64. The lowest BCUT2D eigenvalue weighted by Gasteiger charge is -2.48. The first-order chi connectivity index (χ1) is 10.7. The van der Waals surface area contributed by atoms with Crippen LogP contribution in [0.2, 0.25) is 0 Å². The van der Waals surface area contributed by atoms with E-state index >= 15 is 0 Å². The third-order valence-electron chi connectivity index (χ3n) is 4.97. The Labute approximate surface area is 139 Å². The first-order valence-corrected chi connectivity index (χ1v) is 8.59. The first-order valence-electron chi connectivity index (χ1n) is 8.59. The van der Waals surface area contributed by atoms with Crippen LogP contribution in [0.1, 0.15) is 58.7 Å². The smallest absolute Gasteiger partial charge is 0.410 e. The van der Waals surface area contributed by atoms with Crippen molar-refractivity contribution in [3.63, 3.8) is 0 Å². The molecule has 2 aliphatic rings. The molecule has 5 nitrogen and oxygen atoms in total. The number of hydrogen-bond acceptors (Lipinski definition) is 3. The van der Waals surface area contributed by atoms with Crippen molar-refractivity contribution in [2.75, 3.05) is 19.6 Å². The van der Waals surface area contributed by atoms with Crippen molar-refractivity contribution in [3.8, 4) is 0 Å². The van der Waals surface area contributed by atoms with Crippen LogP contribution in [0.4, 0.5) is 4.79 Å². The molecule has 0 aromatic carbocycles. The van der Waals surface area contributed by atoms with Gasteiger partial charge < -0.3 is 19.5 Å². The molecule has 1 amide bonds. The third kappa shape index (κ3) is 3.11. The maximum atomic E-state index is 12.3. The Hall–Kier alpha value is -1.49. The van der Waals surface area contributed by atoms with Crippen molar-refractivity contribution >= 4 is 6.09 Å². The number of nitrogens with zero attached hydrogens (tertiary/aromatic N) is 2. The van der Waals surface area contributed by atoms with E-state index in [9.17, 15) is 4.79 Å². The molecule has 1 spiro atoms. The predicted octanol–water partition coefficient (Wildman–Crippen LogP) is 3.34. The Morgan fingerprint density at radius 2 is 2.17 bits per heavy atom. The number of ether oxygens (including phenoxy) is 1. The van der Waals surface area contributed by atoms with Crippen LogP contribution in [0.3, 0.4) is 0 Å². The highest BCUT2D eigenvalue weighted by molar-refractivity contribution is 5.68. The Bertz CT molecular complexity index is 587. The number of nitrogens with one attached hydrogen (secondary N) is 1. The van der Waals surface area contributed by atoms with E-state index < -0.39 is 5.60 Å². The number of likely N-dealkylation sites (tertiary alicyclic amines) is 1. The van der Waals surface area contributed by atoms with Crippen LogP contribution in [-0.2, 0) is 4.74 Å². The van der Waals surface area contributed by atoms with E-state index in [1.54, 1.807) is 0 Å². The summed E-state index contributed by atoms with van der Waals surface area (Å²) in [6, 6.07) is 3.02. The Morgan fingerprint density at radius 3 is 2.70 bits per heavy atom. The van der Waals surface area contributed by atoms with Crippen molar-refractivity contribution in [1.29, 1.82) is 0 Å². The highest BCUT2D eigenvalue weighted by Crippen LogP contribution is 2.48. The van der Waals surface area contributed by atoms with Gasteiger partial charge in [-0.25, -0.2) is 4.79 Å². The molecule has 3 heterocycles. The van der Waals surface area contributed by atoms with E-state index in [0.29, 0.717) is 12.1 Å². The normalized spacial score (nSPS) is 27.6.